The Balaban J connectivity index is 2.55. The summed E-state index contributed by atoms with van der Waals surface area (Å²) in [5.74, 6) is 0.0963. The monoisotopic (exact) mass is 282 g/mol. The molecule has 5 heteroatoms. The highest BCUT2D eigenvalue weighted by Crippen LogP contribution is 2.56. The number of halogens is 1. The van der Waals surface area contributed by atoms with E-state index in [1.807, 2.05) is 0 Å². The van der Waals surface area contributed by atoms with E-state index in [-0.39, 0.29) is 6.42 Å². The number of carbonyl (C=O) groups is 1. The molecule has 0 aromatic heterocycles. The van der Waals surface area contributed by atoms with Crippen LogP contribution >= 0.6 is 0 Å². The van der Waals surface area contributed by atoms with E-state index in [1.54, 1.807) is 12.1 Å². The van der Waals surface area contributed by atoms with Crippen molar-refractivity contribution >= 4 is 5.97 Å². The van der Waals surface area contributed by atoms with Gasteiger partial charge in [-0.25, -0.2) is 4.39 Å². The molecule has 0 amide bonds. The summed E-state index contributed by atoms with van der Waals surface area (Å²) in [5.41, 5.74) is 0.769. The van der Waals surface area contributed by atoms with Gasteiger partial charge in [-0.05, 0) is 37.5 Å². The van der Waals surface area contributed by atoms with Crippen LogP contribution < -0.4 is 9.47 Å². The van der Waals surface area contributed by atoms with Gasteiger partial charge >= 0.3 is 5.97 Å². The number of carboxylic acids is 1. The van der Waals surface area contributed by atoms with Crippen LogP contribution in [0, 0.1) is 0 Å². The predicted octanol–water partition coefficient (Wildman–Crippen LogP) is 3.24. The highest BCUT2D eigenvalue weighted by Gasteiger charge is 2.48. The highest BCUT2D eigenvalue weighted by atomic mass is 19.1. The SMILES string of the molecule is COc1cc(C(C)F)cc(C2(CC(=O)O)CC2)c1OC. The number of rotatable bonds is 6. The number of hydrogen-bond donors (Lipinski definition) is 1. The largest absolute Gasteiger partial charge is 0.493 e. The van der Waals surface area contributed by atoms with Crippen molar-refractivity contribution in [3.05, 3.63) is 23.3 Å². The molecule has 1 aromatic carbocycles. The van der Waals surface area contributed by atoms with Gasteiger partial charge in [-0.2, -0.15) is 0 Å². The van der Waals surface area contributed by atoms with E-state index < -0.39 is 17.6 Å². The zero-order valence-electron chi connectivity index (χ0n) is 11.9. The van der Waals surface area contributed by atoms with Crippen LogP contribution in [0.3, 0.4) is 0 Å². The Labute approximate surface area is 117 Å². The molecule has 1 fully saturated rings. The molecule has 1 N–H and O–H groups in total. The molecule has 1 atom stereocenters. The van der Waals surface area contributed by atoms with Crippen LogP contribution in [-0.4, -0.2) is 25.3 Å². The van der Waals surface area contributed by atoms with Gasteiger partial charge in [0.1, 0.15) is 6.17 Å². The van der Waals surface area contributed by atoms with E-state index in [0.29, 0.717) is 17.1 Å². The molecule has 0 saturated heterocycles. The Hall–Kier alpha value is -1.78. The number of carboxylic acid groups (broad SMARTS) is 1. The predicted molar refractivity (Wildman–Crippen MR) is 72.2 cm³/mol. The minimum absolute atomic E-state index is 0.0244. The molecule has 1 aliphatic carbocycles. The van der Waals surface area contributed by atoms with Gasteiger partial charge in [-0.15, -0.1) is 0 Å². The highest BCUT2D eigenvalue weighted by molar-refractivity contribution is 5.71. The van der Waals surface area contributed by atoms with Crippen LogP contribution in [-0.2, 0) is 10.2 Å². The second-order valence-electron chi connectivity index (χ2n) is 5.27. The van der Waals surface area contributed by atoms with E-state index in [1.165, 1.54) is 21.1 Å². The third-order valence-corrected chi connectivity index (χ3v) is 3.88. The molecular weight excluding hydrogens is 263 g/mol. The Morgan fingerprint density at radius 3 is 2.45 bits per heavy atom. The van der Waals surface area contributed by atoms with Crippen LogP contribution in [0.25, 0.3) is 0 Å². The zero-order chi connectivity index (χ0) is 14.9. The number of ether oxygens (including phenoxy) is 2. The molecule has 0 spiro atoms. The summed E-state index contributed by atoms with van der Waals surface area (Å²) in [6.07, 6.45) is 0.414. The summed E-state index contributed by atoms with van der Waals surface area (Å²) >= 11 is 0. The van der Waals surface area contributed by atoms with Crippen LogP contribution in [0.15, 0.2) is 12.1 Å². The van der Waals surface area contributed by atoms with E-state index in [4.69, 9.17) is 14.6 Å². The normalized spacial score (nSPS) is 17.4. The molecule has 0 heterocycles. The summed E-state index contributed by atoms with van der Waals surface area (Å²) in [4.78, 5) is 11.1. The molecule has 1 unspecified atom stereocenters. The Kier molecular flexibility index (Phi) is 3.88. The van der Waals surface area contributed by atoms with Crippen LogP contribution in [0.2, 0.25) is 0 Å². The van der Waals surface area contributed by atoms with Gasteiger partial charge in [-0.1, -0.05) is 0 Å². The fourth-order valence-corrected chi connectivity index (χ4v) is 2.59. The lowest BCUT2D eigenvalue weighted by molar-refractivity contribution is -0.137. The molecular formula is C15H19FO4. The number of aliphatic carboxylic acids is 1. The molecule has 0 radical (unpaired) electrons. The van der Waals surface area contributed by atoms with Crippen molar-refractivity contribution in [2.45, 2.75) is 37.8 Å². The first-order valence-corrected chi connectivity index (χ1v) is 6.56. The van der Waals surface area contributed by atoms with Gasteiger partial charge in [0.15, 0.2) is 11.5 Å². The smallest absolute Gasteiger partial charge is 0.304 e. The average Bonchev–Trinajstić information content (AvgIpc) is 3.16. The summed E-state index contributed by atoms with van der Waals surface area (Å²) in [7, 11) is 3.00. The zero-order valence-corrected chi connectivity index (χ0v) is 11.9. The second kappa shape index (κ2) is 5.31. The second-order valence-corrected chi connectivity index (χ2v) is 5.27. The van der Waals surface area contributed by atoms with Gasteiger partial charge in [-0.3, -0.25) is 4.79 Å². The molecule has 0 aliphatic heterocycles. The molecule has 0 bridgehead atoms. The van der Waals surface area contributed by atoms with Crippen LogP contribution in [0.1, 0.15) is 43.5 Å². The maximum Gasteiger partial charge on any atom is 0.304 e. The summed E-state index contributed by atoms with van der Waals surface area (Å²) in [6.45, 7) is 1.45. The summed E-state index contributed by atoms with van der Waals surface area (Å²) < 4.78 is 24.3. The van der Waals surface area contributed by atoms with Crippen molar-refractivity contribution in [2.75, 3.05) is 14.2 Å². The quantitative estimate of drug-likeness (QED) is 0.870. The van der Waals surface area contributed by atoms with Gasteiger partial charge in [0.2, 0.25) is 0 Å². The molecule has 1 aliphatic rings. The fourth-order valence-electron chi connectivity index (χ4n) is 2.59. The number of hydrogen-bond acceptors (Lipinski definition) is 3. The molecule has 2 rings (SSSR count). The van der Waals surface area contributed by atoms with Crippen molar-refractivity contribution in [3.8, 4) is 11.5 Å². The lowest BCUT2D eigenvalue weighted by atomic mass is 9.89. The standard InChI is InChI=1S/C15H19FO4/c1-9(16)10-6-11(14(20-3)12(7-10)19-2)15(4-5-15)8-13(17)18/h6-7,9H,4-5,8H2,1-3H3,(H,17,18). The minimum Gasteiger partial charge on any atom is -0.493 e. The van der Waals surface area contributed by atoms with Gasteiger partial charge < -0.3 is 14.6 Å². The molecule has 1 aromatic rings. The summed E-state index contributed by atoms with van der Waals surface area (Å²) in [6, 6.07) is 3.31. The first-order valence-electron chi connectivity index (χ1n) is 6.56. The van der Waals surface area contributed by atoms with E-state index >= 15 is 0 Å². The minimum atomic E-state index is -1.14. The van der Waals surface area contributed by atoms with Crippen molar-refractivity contribution in [2.24, 2.45) is 0 Å². The van der Waals surface area contributed by atoms with E-state index in [9.17, 15) is 9.18 Å². The molecule has 20 heavy (non-hydrogen) atoms. The van der Waals surface area contributed by atoms with Crippen molar-refractivity contribution in [1.29, 1.82) is 0 Å². The number of methoxy groups -OCH3 is 2. The maximum atomic E-state index is 13.6. The first kappa shape index (κ1) is 14.6. The Bertz CT molecular complexity index is 521. The van der Waals surface area contributed by atoms with Crippen LogP contribution in [0.5, 0.6) is 11.5 Å². The average molecular weight is 282 g/mol. The maximum absolute atomic E-state index is 13.6. The van der Waals surface area contributed by atoms with Crippen molar-refractivity contribution in [3.63, 3.8) is 0 Å². The fraction of sp³-hybridized carbons (Fsp3) is 0.533. The third kappa shape index (κ3) is 2.57. The Morgan fingerprint density at radius 1 is 1.40 bits per heavy atom. The van der Waals surface area contributed by atoms with Crippen LogP contribution in [0.4, 0.5) is 4.39 Å². The number of alkyl halides is 1. The molecule has 110 valence electrons. The van der Waals surface area contributed by atoms with E-state index in [0.717, 1.165) is 18.4 Å². The first-order chi connectivity index (χ1) is 9.43. The van der Waals surface area contributed by atoms with Crippen molar-refractivity contribution < 1.29 is 23.8 Å². The van der Waals surface area contributed by atoms with Gasteiger partial charge in [0, 0.05) is 11.0 Å². The van der Waals surface area contributed by atoms with E-state index in [2.05, 4.69) is 0 Å². The molecule has 4 nitrogen and oxygen atoms in total. The third-order valence-electron chi connectivity index (χ3n) is 3.88. The van der Waals surface area contributed by atoms with Crippen molar-refractivity contribution in [1.82, 2.24) is 0 Å². The molecule has 1 saturated carbocycles. The lowest BCUT2D eigenvalue weighted by Crippen LogP contribution is -2.15. The van der Waals surface area contributed by atoms with Gasteiger partial charge in [0.25, 0.3) is 0 Å². The van der Waals surface area contributed by atoms with Gasteiger partial charge in [0.05, 0.1) is 20.6 Å². The Morgan fingerprint density at radius 2 is 2.05 bits per heavy atom. The summed E-state index contributed by atoms with van der Waals surface area (Å²) in [5, 5.41) is 9.07. The number of benzene rings is 1. The lowest BCUT2D eigenvalue weighted by Gasteiger charge is -2.21. The topological polar surface area (TPSA) is 55.8 Å².